The van der Waals surface area contributed by atoms with E-state index in [1.165, 1.54) is 0 Å². The number of hydrogen-bond acceptors (Lipinski definition) is 2. The number of carbonyl (C=O) groups excluding carboxylic acids is 1. The third-order valence-corrected chi connectivity index (χ3v) is 1.97. The Labute approximate surface area is 72.4 Å². The van der Waals surface area contributed by atoms with Crippen LogP contribution >= 0.6 is 0 Å². The molecule has 2 N–H and O–H groups in total. The molecule has 2 nitrogen and oxygen atoms in total. The maximum absolute atomic E-state index is 11.1. The third kappa shape index (κ3) is 1.47. The van der Waals surface area contributed by atoms with Crippen LogP contribution in [0, 0.1) is 13.8 Å². The van der Waals surface area contributed by atoms with E-state index in [0.29, 0.717) is 5.69 Å². The fraction of sp³-hybridized carbons (Fsp3) is 0.300. The highest BCUT2D eigenvalue weighted by Gasteiger charge is 2.06. The molecule has 0 radical (unpaired) electrons. The van der Waals surface area contributed by atoms with E-state index in [1.807, 2.05) is 26.0 Å². The normalized spacial score (nSPS) is 9.92. The summed E-state index contributed by atoms with van der Waals surface area (Å²) in [6, 6.07) is 3.75. The first-order valence-corrected chi connectivity index (χ1v) is 3.90. The smallest absolute Gasteiger partial charge is 0.160 e. The van der Waals surface area contributed by atoms with Crippen LogP contribution in [-0.4, -0.2) is 5.78 Å². The van der Waals surface area contributed by atoms with Gasteiger partial charge in [-0.15, -0.1) is 0 Å². The van der Waals surface area contributed by atoms with Crippen LogP contribution in [0.3, 0.4) is 0 Å². The van der Waals surface area contributed by atoms with Gasteiger partial charge in [0.05, 0.1) is 0 Å². The van der Waals surface area contributed by atoms with E-state index in [-0.39, 0.29) is 5.78 Å². The average Bonchev–Trinajstić information content (AvgIpc) is 1.96. The maximum atomic E-state index is 11.1. The number of carbonyl (C=O) groups is 1. The summed E-state index contributed by atoms with van der Waals surface area (Å²) in [6.45, 7) is 5.36. The van der Waals surface area contributed by atoms with Crippen LogP contribution in [0.25, 0.3) is 0 Å². The van der Waals surface area contributed by atoms with Gasteiger partial charge in [0, 0.05) is 11.3 Å². The predicted molar refractivity (Wildman–Crippen MR) is 50.3 cm³/mol. The number of Topliss-reactive ketones (excluding diaryl/α,β-unsaturated/α-hetero) is 1. The molecule has 0 saturated carbocycles. The van der Waals surface area contributed by atoms with Gasteiger partial charge < -0.3 is 5.73 Å². The average molecular weight is 163 g/mol. The van der Waals surface area contributed by atoms with Gasteiger partial charge in [0.1, 0.15) is 0 Å². The molecule has 1 rings (SSSR count). The molecule has 0 spiro atoms. The summed E-state index contributed by atoms with van der Waals surface area (Å²) in [5, 5.41) is 0. The Bertz CT molecular complexity index is 329. The molecule has 1 aromatic rings. The number of ketones is 1. The summed E-state index contributed by atoms with van der Waals surface area (Å²) in [5.74, 6) is 0.0721. The van der Waals surface area contributed by atoms with Crippen molar-refractivity contribution in [2.75, 3.05) is 5.73 Å². The fourth-order valence-electron chi connectivity index (χ4n) is 1.25. The van der Waals surface area contributed by atoms with E-state index in [0.717, 1.165) is 16.7 Å². The van der Waals surface area contributed by atoms with E-state index >= 15 is 0 Å². The number of nitrogen functional groups attached to an aromatic ring is 1. The highest BCUT2D eigenvalue weighted by Crippen LogP contribution is 2.18. The number of rotatable bonds is 1. The molecule has 0 fully saturated rings. The van der Waals surface area contributed by atoms with Crippen LogP contribution < -0.4 is 5.73 Å². The van der Waals surface area contributed by atoms with Crippen molar-refractivity contribution in [3.05, 3.63) is 28.8 Å². The highest BCUT2D eigenvalue weighted by molar-refractivity contribution is 5.97. The lowest BCUT2D eigenvalue weighted by Crippen LogP contribution is -2.01. The van der Waals surface area contributed by atoms with Crippen molar-refractivity contribution in [3.63, 3.8) is 0 Å². The van der Waals surface area contributed by atoms with Crippen molar-refractivity contribution in [2.45, 2.75) is 20.8 Å². The van der Waals surface area contributed by atoms with E-state index in [1.54, 1.807) is 6.92 Å². The standard InChI is InChI=1S/C10H13NO/c1-6-4-9(8(3)12)7(2)10(11)5-6/h4-5H,11H2,1-3H3. The Morgan fingerprint density at radius 3 is 2.42 bits per heavy atom. The predicted octanol–water partition coefficient (Wildman–Crippen LogP) is 2.09. The van der Waals surface area contributed by atoms with Gasteiger partial charge in [-0.2, -0.15) is 0 Å². The van der Waals surface area contributed by atoms with Crippen molar-refractivity contribution in [1.82, 2.24) is 0 Å². The minimum Gasteiger partial charge on any atom is -0.398 e. The number of hydrogen-bond donors (Lipinski definition) is 1. The van der Waals surface area contributed by atoms with Crippen LogP contribution in [-0.2, 0) is 0 Å². The van der Waals surface area contributed by atoms with E-state index in [4.69, 9.17) is 5.73 Å². The highest BCUT2D eigenvalue weighted by atomic mass is 16.1. The van der Waals surface area contributed by atoms with E-state index in [2.05, 4.69) is 0 Å². The van der Waals surface area contributed by atoms with Gasteiger partial charge in [-0.05, 0) is 44.0 Å². The molecular weight excluding hydrogens is 150 g/mol. The van der Waals surface area contributed by atoms with Crippen LogP contribution in [0.15, 0.2) is 12.1 Å². The lowest BCUT2D eigenvalue weighted by atomic mass is 10.0. The van der Waals surface area contributed by atoms with Crippen LogP contribution in [0.5, 0.6) is 0 Å². The number of aryl methyl sites for hydroxylation is 1. The molecule has 64 valence electrons. The van der Waals surface area contributed by atoms with E-state index < -0.39 is 0 Å². The molecule has 2 heteroatoms. The minimum atomic E-state index is 0.0721. The largest absolute Gasteiger partial charge is 0.398 e. The van der Waals surface area contributed by atoms with Crippen molar-refractivity contribution in [2.24, 2.45) is 0 Å². The van der Waals surface area contributed by atoms with Gasteiger partial charge in [0.15, 0.2) is 5.78 Å². The van der Waals surface area contributed by atoms with Crippen LogP contribution in [0.4, 0.5) is 5.69 Å². The summed E-state index contributed by atoms with van der Waals surface area (Å²) in [7, 11) is 0. The van der Waals surface area contributed by atoms with Crippen molar-refractivity contribution >= 4 is 11.5 Å². The Kier molecular flexibility index (Phi) is 2.18. The lowest BCUT2D eigenvalue weighted by molar-refractivity contribution is 0.101. The monoisotopic (exact) mass is 163 g/mol. The first-order valence-electron chi connectivity index (χ1n) is 3.90. The molecule has 0 amide bonds. The van der Waals surface area contributed by atoms with Gasteiger partial charge in [-0.1, -0.05) is 0 Å². The molecule has 0 aliphatic rings. The molecule has 0 heterocycles. The Hall–Kier alpha value is -1.31. The van der Waals surface area contributed by atoms with Crippen molar-refractivity contribution in [3.8, 4) is 0 Å². The number of benzene rings is 1. The molecular formula is C10H13NO. The molecule has 0 unspecified atom stereocenters. The third-order valence-electron chi connectivity index (χ3n) is 1.97. The van der Waals surface area contributed by atoms with Crippen molar-refractivity contribution in [1.29, 1.82) is 0 Å². The second-order valence-electron chi connectivity index (χ2n) is 3.08. The number of nitrogens with two attached hydrogens (primary N) is 1. The lowest BCUT2D eigenvalue weighted by Gasteiger charge is -2.06. The van der Waals surface area contributed by atoms with Gasteiger partial charge in [-0.25, -0.2) is 0 Å². The zero-order chi connectivity index (χ0) is 9.30. The molecule has 0 bridgehead atoms. The first kappa shape index (κ1) is 8.78. The Morgan fingerprint density at radius 2 is 1.92 bits per heavy atom. The van der Waals surface area contributed by atoms with Gasteiger partial charge in [-0.3, -0.25) is 4.79 Å². The second-order valence-corrected chi connectivity index (χ2v) is 3.08. The van der Waals surface area contributed by atoms with Crippen LogP contribution in [0.2, 0.25) is 0 Å². The summed E-state index contributed by atoms with van der Waals surface area (Å²) >= 11 is 0. The maximum Gasteiger partial charge on any atom is 0.160 e. The first-order chi connectivity index (χ1) is 5.52. The van der Waals surface area contributed by atoms with Gasteiger partial charge in [0.25, 0.3) is 0 Å². The van der Waals surface area contributed by atoms with Gasteiger partial charge >= 0.3 is 0 Å². The topological polar surface area (TPSA) is 43.1 Å². The second kappa shape index (κ2) is 2.97. The molecule has 0 aromatic heterocycles. The molecule has 0 aliphatic carbocycles. The number of anilines is 1. The van der Waals surface area contributed by atoms with Crippen molar-refractivity contribution < 1.29 is 4.79 Å². The zero-order valence-corrected chi connectivity index (χ0v) is 7.64. The fourth-order valence-corrected chi connectivity index (χ4v) is 1.25. The summed E-state index contributed by atoms with van der Waals surface area (Å²) in [6.07, 6.45) is 0. The van der Waals surface area contributed by atoms with Gasteiger partial charge in [0.2, 0.25) is 0 Å². The molecule has 0 aliphatic heterocycles. The zero-order valence-electron chi connectivity index (χ0n) is 7.64. The molecule has 12 heavy (non-hydrogen) atoms. The Balaban J connectivity index is 3.37. The SMILES string of the molecule is CC(=O)c1cc(C)cc(N)c1C. The summed E-state index contributed by atoms with van der Waals surface area (Å²) in [5.41, 5.74) is 9.04. The van der Waals surface area contributed by atoms with Crippen LogP contribution in [0.1, 0.15) is 28.4 Å². The summed E-state index contributed by atoms with van der Waals surface area (Å²) in [4.78, 5) is 11.1. The van der Waals surface area contributed by atoms with E-state index in [9.17, 15) is 4.79 Å². The Morgan fingerprint density at radius 1 is 1.33 bits per heavy atom. The summed E-state index contributed by atoms with van der Waals surface area (Å²) < 4.78 is 0. The molecule has 1 aromatic carbocycles. The molecule has 0 saturated heterocycles. The molecule has 0 atom stereocenters. The minimum absolute atomic E-state index is 0.0721. The quantitative estimate of drug-likeness (QED) is 0.509.